The number of benzene rings is 1. The Bertz CT molecular complexity index is 486. The molecule has 0 saturated heterocycles. The van der Waals surface area contributed by atoms with Gasteiger partial charge in [0, 0.05) is 11.0 Å². The summed E-state index contributed by atoms with van der Waals surface area (Å²) in [4.78, 5) is 0. The quantitative estimate of drug-likeness (QED) is 0.753. The molecule has 22 heavy (non-hydrogen) atoms. The standard InChI is InChI=1S/C20H30OS/c1-15(21)13-18(16-7-5-4-6-8-16)22-14-20-11-9-17(10-12-20)19(20,2)3/h4-8,15,17-18,21H,9-14H2,1-3H3/t15-,17?,18?,20?/m1/s1. The van der Waals surface area contributed by atoms with E-state index < -0.39 is 0 Å². The zero-order valence-electron chi connectivity index (χ0n) is 14.2. The van der Waals surface area contributed by atoms with Crippen molar-refractivity contribution in [2.75, 3.05) is 5.75 Å². The van der Waals surface area contributed by atoms with E-state index in [-0.39, 0.29) is 6.10 Å². The first kappa shape index (κ1) is 16.4. The lowest BCUT2D eigenvalue weighted by molar-refractivity contribution is 0.157. The number of rotatable bonds is 6. The van der Waals surface area contributed by atoms with Crippen LogP contribution in [0.25, 0.3) is 0 Å². The molecule has 1 N–H and O–H groups in total. The third kappa shape index (κ3) is 2.85. The molecule has 1 unspecified atom stereocenters. The molecule has 2 saturated carbocycles. The molecule has 2 bridgehead atoms. The predicted molar refractivity (Wildman–Crippen MR) is 96.1 cm³/mol. The number of hydrogen-bond donors (Lipinski definition) is 1. The zero-order chi connectivity index (χ0) is 15.8. The fraction of sp³-hybridized carbons (Fsp3) is 0.700. The Balaban J connectivity index is 1.72. The van der Waals surface area contributed by atoms with Gasteiger partial charge in [0.05, 0.1) is 6.10 Å². The summed E-state index contributed by atoms with van der Waals surface area (Å²) in [6, 6.07) is 10.8. The molecule has 2 aliphatic carbocycles. The summed E-state index contributed by atoms with van der Waals surface area (Å²) in [6.45, 7) is 6.93. The van der Waals surface area contributed by atoms with Crippen LogP contribution in [0, 0.1) is 16.7 Å². The van der Waals surface area contributed by atoms with Gasteiger partial charge < -0.3 is 5.11 Å². The van der Waals surface area contributed by atoms with Crippen molar-refractivity contribution in [3.05, 3.63) is 35.9 Å². The lowest BCUT2D eigenvalue weighted by atomic mass is 9.71. The second kappa shape index (κ2) is 6.20. The summed E-state index contributed by atoms with van der Waals surface area (Å²) in [7, 11) is 0. The lowest BCUT2D eigenvalue weighted by Crippen LogP contribution is -2.33. The van der Waals surface area contributed by atoms with Gasteiger partial charge >= 0.3 is 0 Å². The third-order valence-electron chi connectivity index (χ3n) is 6.62. The fourth-order valence-electron chi connectivity index (χ4n) is 4.84. The maximum atomic E-state index is 9.90. The van der Waals surface area contributed by atoms with Crippen molar-refractivity contribution in [1.29, 1.82) is 0 Å². The minimum absolute atomic E-state index is 0.233. The molecule has 2 aliphatic rings. The van der Waals surface area contributed by atoms with Gasteiger partial charge in [-0.2, -0.15) is 11.8 Å². The Hall–Kier alpha value is -0.470. The second-order valence-corrected chi connectivity index (χ2v) is 9.26. The Morgan fingerprint density at radius 3 is 2.32 bits per heavy atom. The van der Waals surface area contributed by atoms with Crippen molar-refractivity contribution in [3.8, 4) is 0 Å². The van der Waals surface area contributed by atoms with Crippen LogP contribution in [-0.2, 0) is 0 Å². The zero-order valence-corrected chi connectivity index (χ0v) is 15.0. The van der Waals surface area contributed by atoms with Crippen molar-refractivity contribution in [3.63, 3.8) is 0 Å². The highest BCUT2D eigenvalue weighted by Crippen LogP contribution is 2.67. The second-order valence-electron chi connectivity index (χ2n) is 8.07. The summed E-state index contributed by atoms with van der Waals surface area (Å²) in [5.41, 5.74) is 2.41. The molecular formula is C20H30OS. The first-order chi connectivity index (χ1) is 10.4. The summed E-state index contributed by atoms with van der Waals surface area (Å²) in [6.07, 6.45) is 6.30. The normalized spacial score (nSPS) is 32.1. The van der Waals surface area contributed by atoms with E-state index in [1.54, 1.807) is 0 Å². The van der Waals surface area contributed by atoms with Gasteiger partial charge in [-0.25, -0.2) is 0 Å². The van der Waals surface area contributed by atoms with Gasteiger partial charge in [-0.3, -0.25) is 0 Å². The van der Waals surface area contributed by atoms with E-state index >= 15 is 0 Å². The van der Waals surface area contributed by atoms with E-state index in [2.05, 4.69) is 55.9 Å². The van der Waals surface area contributed by atoms with Crippen LogP contribution in [0.4, 0.5) is 0 Å². The largest absolute Gasteiger partial charge is 0.393 e. The maximum absolute atomic E-state index is 9.90. The monoisotopic (exact) mass is 318 g/mol. The molecule has 0 aromatic heterocycles. The van der Waals surface area contributed by atoms with Crippen molar-refractivity contribution in [2.24, 2.45) is 16.7 Å². The molecule has 1 aromatic carbocycles. The predicted octanol–water partition coefficient (Wildman–Crippen LogP) is 5.45. The van der Waals surface area contributed by atoms with Crippen LogP contribution in [0.1, 0.15) is 63.7 Å². The molecule has 0 heterocycles. The van der Waals surface area contributed by atoms with Gasteiger partial charge in [0.2, 0.25) is 0 Å². The summed E-state index contributed by atoms with van der Waals surface area (Å²) in [5.74, 6) is 2.20. The smallest absolute Gasteiger partial charge is 0.0525 e. The first-order valence-electron chi connectivity index (χ1n) is 8.79. The molecule has 0 amide bonds. The molecule has 122 valence electrons. The molecule has 2 heteroatoms. The van der Waals surface area contributed by atoms with E-state index in [0.29, 0.717) is 16.1 Å². The summed E-state index contributed by atoms with van der Waals surface area (Å²) in [5, 5.41) is 10.3. The fourth-order valence-corrected chi connectivity index (χ4v) is 6.78. The Kier molecular flexibility index (Phi) is 4.62. The molecule has 1 nitrogen and oxygen atoms in total. The lowest BCUT2D eigenvalue weighted by Gasteiger charge is -2.39. The van der Waals surface area contributed by atoms with E-state index in [4.69, 9.17) is 0 Å². The SMILES string of the molecule is C[C@@H](O)CC(SCC12CCC(CC1)C2(C)C)c1ccccc1. The van der Waals surface area contributed by atoms with Crippen molar-refractivity contribution >= 4 is 11.8 Å². The highest BCUT2D eigenvalue weighted by molar-refractivity contribution is 7.99. The molecule has 2 fully saturated rings. The molecule has 0 radical (unpaired) electrons. The average Bonchev–Trinajstić information content (AvgIpc) is 2.89. The summed E-state index contributed by atoms with van der Waals surface area (Å²) < 4.78 is 0. The third-order valence-corrected chi connectivity index (χ3v) is 8.20. The van der Waals surface area contributed by atoms with Gasteiger partial charge in [-0.15, -0.1) is 0 Å². The van der Waals surface area contributed by atoms with E-state index in [0.717, 1.165) is 12.3 Å². The van der Waals surface area contributed by atoms with Crippen LogP contribution in [0.5, 0.6) is 0 Å². The van der Waals surface area contributed by atoms with Crippen LogP contribution >= 0.6 is 11.8 Å². The van der Waals surface area contributed by atoms with Crippen molar-refractivity contribution in [2.45, 2.75) is 64.2 Å². The van der Waals surface area contributed by atoms with Crippen LogP contribution in [0.3, 0.4) is 0 Å². The highest BCUT2D eigenvalue weighted by atomic mass is 32.2. The molecule has 2 atom stereocenters. The molecule has 0 aliphatic heterocycles. The van der Waals surface area contributed by atoms with Crippen LogP contribution in [-0.4, -0.2) is 17.0 Å². The minimum Gasteiger partial charge on any atom is -0.393 e. The van der Waals surface area contributed by atoms with Crippen LogP contribution < -0.4 is 0 Å². The van der Waals surface area contributed by atoms with E-state index in [1.165, 1.54) is 37.0 Å². The molecule has 3 rings (SSSR count). The maximum Gasteiger partial charge on any atom is 0.0525 e. The van der Waals surface area contributed by atoms with E-state index in [9.17, 15) is 5.11 Å². The summed E-state index contributed by atoms with van der Waals surface area (Å²) >= 11 is 2.09. The number of fused-ring (bicyclic) bond motifs is 2. The van der Waals surface area contributed by atoms with Crippen LogP contribution in [0.15, 0.2) is 30.3 Å². The van der Waals surface area contributed by atoms with Gasteiger partial charge in [-0.05, 0) is 61.3 Å². The van der Waals surface area contributed by atoms with Crippen molar-refractivity contribution in [1.82, 2.24) is 0 Å². The average molecular weight is 319 g/mol. The van der Waals surface area contributed by atoms with Gasteiger partial charge in [-0.1, -0.05) is 44.2 Å². The Morgan fingerprint density at radius 1 is 1.18 bits per heavy atom. The van der Waals surface area contributed by atoms with Crippen LogP contribution in [0.2, 0.25) is 0 Å². The molecular weight excluding hydrogens is 288 g/mol. The topological polar surface area (TPSA) is 20.2 Å². The Labute approximate surface area is 139 Å². The number of hydrogen-bond acceptors (Lipinski definition) is 2. The van der Waals surface area contributed by atoms with Gasteiger partial charge in [0.25, 0.3) is 0 Å². The molecule has 0 spiro atoms. The van der Waals surface area contributed by atoms with Gasteiger partial charge in [0.15, 0.2) is 0 Å². The number of thioether (sulfide) groups is 1. The van der Waals surface area contributed by atoms with Gasteiger partial charge in [0.1, 0.15) is 0 Å². The number of aliphatic hydroxyl groups is 1. The molecule has 1 aromatic rings. The highest BCUT2D eigenvalue weighted by Gasteiger charge is 2.58. The minimum atomic E-state index is -0.233. The number of aliphatic hydroxyl groups excluding tert-OH is 1. The first-order valence-corrected chi connectivity index (χ1v) is 9.84. The Morgan fingerprint density at radius 2 is 1.82 bits per heavy atom. The van der Waals surface area contributed by atoms with Crippen molar-refractivity contribution < 1.29 is 5.11 Å². The van der Waals surface area contributed by atoms with E-state index in [1.807, 2.05) is 6.92 Å².